The van der Waals surface area contributed by atoms with E-state index in [1.54, 1.807) is 0 Å². The molecule has 1 heterocycles. The number of nitrogens with one attached hydrogen (secondary N) is 3. The fourth-order valence-corrected chi connectivity index (χ4v) is 2.19. The van der Waals surface area contributed by atoms with E-state index in [0.717, 1.165) is 6.54 Å². The lowest BCUT2D eigenvalue weighted by molar-refractivity contribution is -0.137. The molecule has 1 aliphatic rings. The van der Waals surface area contributed by atoms with Crippen molar-refractivity contribution in [3.05, 3.63) is 0 Å². The van der Waals surface area contributed by atoms with E-state index in [-0.39, 0.29) is 30.8 Å². The van der Waals surface area contributed by atoms with E-state index in [9.17, 15) is 14.4 Å². The Morgan fingerprint density at radius 1 is 1.33 bits per heavy atom. The minimum absolute atomic E-state index is 0.0371. The highest BCUT2D eigenvalue weighted by atomic mass is 16.4. The van der Waals surface area contributed by atoms with E-state index in [2.05, 4.69) is 16.0 Å². The molecule has 0 aromatic rings. The van der Waals surface area contributed by atoms with Crippen LogP contribution in [0.4, 0.5) is 0 Å². The van der Waals surface area contributed by atoms with Crippen LogP contribution in [0.1, 0.15) is 19.8 Å². The Hall–Kier alpha value is -1.67. The van der Waals surface area contributed by atoms with Gasteiger partial charge in [-0.05, 0) is 13.3 Å². The summed E-state index contributed by atoms with van der Waals surface area (Å²) in [7, 11) is 0. The lowest BCUT2D eigenvalue weighted by Crippen LogP contribution is -2.59. The van der Waals surface area contributed by atoms with Crippen molar-refractivity contribution >= 4 is 17.8 Å². The van der Waals surface area contributed by atoms with Crippen LogP contribution in [0.15, 0.2) is 0 Å². The maximum absolute atomic E-state index is 11.9. The van der Waals surface area contributed by atoms with E-state index in [1.807, 2.05) is 11.8 Å². The summed E-state index contributed by atoms with van der Waals surface area (Å²) in [4.78, 5) is 36.0. The number of piperazine rings is 1. The minimum Gasteiger partial charge on any atom is -0.481 e. The molecule has 0 aromatic carbocycles. The van der Waals surface area contributed by atoms with Gasteiger partial charge in [-0.15, -0.1) is 0 Å². The van der Waals surface area contributed by atoms with Crippen molar-refractivity contribution in [2.45, 2.75) is 25.8 Å². The molecular formula is C13H24N4O4. The zero-order valence-electron chi connectivity index (χ0n) is 12.4. The first kappa shape index (κ1) is 17.4. The Morgan fingerprint density at radius 3 is 2.76 bits per heavy atom. The third-order valence-corrected chi connectivity index (χ3v) is 3.24. The Kier molecular flexibility index (Phi) is 7.70. The molecule has 0 radical (unpaired) electrons. The first-order chi connectivity index (χ1) is 10.0. The third kappa shape index (κ3) is 6.54. The summed E-state index contributed by atoms with van der Waals surface area (Å²) in [5, 5.41) is 17.1. The molecule has 0 saturated carbocycles. The van der Waals surface area contributed by atoms with Crippen LogP contribution in [0.2, 0.25) is 0 Å². The molecule has 1 aliphatic heterocycles. The quantitative estimate of drug-likeness (QED) is 0.401. The predicted molar refractivity (Wildman–Crippen MR) is 76.8 cm³/mol. The molecular weight excluding hydrogens is 276 g/mol. The number of hydrogen-bond donors (Lipinski definition) is 4. The van der Waals surface area contributed by atoms with Crippen molar-refractivity contribution in [2.75, 3.05) is 39.3 Å². The van der Waals surface area contributed by atoms with Crippen molar-refractivity contribution in [1.82, 2.24) is 20.9 Å². The number of likely N-dealkylation sites (N-methyl/N-ethyl adjacent to an activating group) is 1. The first-order valence-corrected chi connectivity index (χ1v) is 7.25. The summed E-state index contributed by atoms with van der Waals surface area (Å²) in [6.45, 7) is 4.79. The van der Waals surface area contributed by atoms with Gasteiger partial charge in [0.2, 0.25) is 11.8 Å². The molecule has 1 saturated heterocycles. The maximum atomic E-state index is 11.9. The minimum atomic E-state index is -0.873. The van der Waals surface area contributed by atoms with Crippen LogP contribution < -0.4 is 16.0 Å². The number of hydrogen-bond acceptors (Lipinski definition) is 5. The molecule has 0 spiro atoms. The zero-order valence-corrected chi connectivity index (χ0v) is 12.4. The fraction of sp³-hybridized carbons (Fsp3) is 0.769. The predicted octanol–water partition coefficient (Wildman–Crippen LogP) is -1.62. The normalized spacial score (nSPS) is 19.0. The van der Waals surface area contributed by atoms with Crippen molar-refractivity contribution in [3.63, 3.8) is 0 Å². The molecule has 0 aliphatic carbocycles. The molecule has 8 heteroatoms. The first-order valence-electron chi connectivity index (χ1n) is 7.25. The Labute approximate surface area is 124 Å². The summed E-state index contributed by atoms with van der Waals surface area (Å²) in [5.41, 5.74) is 0. The topological polar surface area (TPSA) is 111 Å². The van der Waals surface area contributed by atoms with Crippen molar-refractivity contribution in [2.24, 2.45) is 0 Å². The highest BCUT2D eigenvalue weighted by Crippen LogP contribution is 2.03. The number of rotatable bonds is 8. The number of carbonyl (C=O) groups excluding carboxylic acids is 2. The fourth-order valence-electron chi connectivity index (χ4n) is 2.19. The maximum Gasteiger partial charge on any atom is 0.303 e. The van der Waals surface area contributed by atoms with Crippen LogP contribution in [-0.2, 0) is 14.4 Å². The van der Waals surface area contributed by atoms with Crippen molar-refractivity contribution < 1.29 is 19.5 Å². The highest BCUT2D eigenvalue weighted by Gasteiger charge is 2.29. The zero-order chi connectivity index (χ0) is 15.7. The van der Waals surface area contributed by atoms with Crippen LogP contribution in [0, 0.1) is 0 Å². The molecule has 1 atom stereocenters. The van der Waals surface area contributed by atoms with E-state index in [4.69, 9.17) is 5.11 Å². The standard InChI is InChI=1S/C13H24N4O4/c1-2-15-13(21)10-8-14-6-7-17(10)9-11(18)16-5-3-4-12(19)20/h10,14H,2-9H2,1H3,(H,15,21)(H,16,18)(H,19,20). The Bertz CT molecular complexity index is 375. The van der Waals surface area contributed by atoms with Gasteiger partial charge >= 0.3 is 5.97 Å². The van der Waals surface area contributed by atoms with Crippen molar-refractivity contribution in [1.29, 1.82) is 0 Å². The molecule has 1 fully saturated rings. The average Bonchev–Trinajstić information content (AvgIpc) is 2.44. The number of nitrogens with zero attached hydrogens (tertiary/aromatic N) is 1. The molecule has 0 aromatic heterocycles. The monoisotopic (exact) mass is 300 g/mol. The Balaban J connectivity index is 2.37. The molecule has 1 unspecified atom stereocenters. The van der Waals surface area contributed by atoms with Gasteiger partial charge in [0, 0.05) is 39.1 Å². The number of carbonyl (C=O) groups is 3. The van der Waals surface area contributed by atoms with Crippen LogP contribution in [0.25, 0.3) is 0 Å². The van der Waals surface area contributed by atoms with Gasteiger partial charge < -0.3 is 21.1 Å². The summed E-state index contributed by atoms with van der Waals surface area (Å²) < 4.78 is 0. The van der Waals surface area contributed by atoms with Gasteiger partial charge in [0.25, 0.3) is 0 Å². The van der Waals surface area contributed by atoms with Gasteiger partial charge in [0.15, 0.2) is 0 Å². The summed E-state index contributed by atoms with van der Waals surface area (Å²) in [6.07, 6.45) is 0.442. The SMILES string of the molecule is CCNC(=O)C1CNCCN1CC(=O)NCCCC(=O)O. The van der Waals surface area contributed by atoms with E-state index in [1.165, 1.54) is 0 Å². The van der Waals surface area contributed by atoms with Gasteiger partial charge in [-0.2, -0.15) is 0 Å². The number of carboxylic acid groups (broad SMARTS) is 1. The molecule has 1 rings (SSSR count). The molecule has 21 heavy (non-hydrogen) atoms. The smallest absolute Gasteiger partial charge is 0.303 e. The second kappa shape index (κ2) is 9.30. The lowest BCUT2D eigenvalue weighted by Gasteiger charge is -2.34. The van der Waals surface area contributed by atoms with Crippen LogP contribution in [0.5, 0.6) is 0 Å². The van der Waals surface area contributed by atoms with E-state index in [0.29, 0.717) is 32.6 Å². The Morgan fingerprint density at radius 2 is 2.10 bits per heavy atom. The molecule has 2 amide bonds. The second-order valence-electron chi connectivity index (χ2n) is 4.93. The van der Waals surface area contributed by atoms with E-state index < -0.39 is 5.97 Å². The van der Waals surface area contributed by atoms with Gasteiger partial charge in [-0.3, -0.25) is 19.3 Å². The van der Waals surface area contributed by atoms with Crippen LogP contribution in [0.3, 0.4) is 0 Å². The summed E-state index contributed by atoms with van der Waals surface area (Å²) >= 11 is 0. The van der Waals surface area contributed by atoms with E-state index >= 15 is 0 Å². The molecule has 0 bridgehead atoms. The lowest BCUT2D eigenvalue weighted by atomic mass is 10.1. The summed E-state index contributed by atoms with van der Waals surface area (Å²) in [5.74, 6) is -1.14. The highest BCUT2D eigenvalue weighted by molar-refractivity contribution is 5.84. The number of amides is 2. The van der Waals surface area contributed by atoms with Gasteiger partial charge in [-0.1, -0.05) is 0 Å². The molecule has 8 nitrogen and oxygen atoms in total. The average molecular weight is 300 g/mol. The van der Waals surface area contributed by atoms with Gasteiger partial charge in [-0.25, -0.2) is 0 Å². The third-order valence-electron chi connectivity index (χ3n) is 3.24. The van der Waals surface area contributed by atoms with Crippen LogP contribution >= 0.6 is 0 Å². The largest absolute Gasteiger partial charge is 0.481 e. The molecule has 4 N–H and O–H groups in total. The van der Waals surface area contributed by atoms with Crippen molar-refractivity contribution in [3.8, 4) is 0 Å². The van der Waals surface area contributed by atoms with Gasteiger partial charge in [0.1, 0.15) is 6.04 Å². The number of carboxylic acids is 1. The molecule has 120 valence electrons. The van der Waals surface area contributed by atoms with Crippen LogP contribution in [-0.4, -0.2) is 73.1 Å². The van der Waals surface area contributed by atoms with Gasteiger partial charge in [0.05, 0.1) is 6.54 Å². The second-order valence-corrected chi connectivity index (χ2v) is 4.93. The summed E-state index contributed by atoms with van der Waals surface area (Å²) in [6, 6.07) is -0.344. The number of aliphatic carboxylic acids is 1.